The second-order valence-electron chi connectivity index (χ2n) is 6.38. The van der Waals surface area contributed by atoms with Crippen LogP contribution in [0.4, 0.5) is 0 Å². The molecule has 12 heteroatoms. The third-order valence-corrected chi connectivity index (χ3v) is 4.95. The van der Waals surface area contributed by atoms with Gasteiger partial charge in [0.15, 0.2) is 5.96 Å². The van der Waals surface area contributed by atoms with E-state index in [4.69, 9.17) is 20.9 Å². The summed E-state index contributed by atoms with van der Waals surface area (Å²) in [7, 11) is 0. The maximum Gasteiger partial charge on any atom is 0.330 e. The summed E-state index contributed by atoms with van der Waals surface area (Å²) in [4.78, 5) is 41.2. The molecule has 1 aliphatic heterocycles. The van der Waals surface area contributed by atoms with E-state index in [1.165, 1.54) is 10.8 Å². The lowest BCUT2D eigenvalue weighted by molar-refractivity contribution is -0.150. The van der Waals surface area contributed by atoms with Crippen molar-refractivity contribution in [1.29, 1.82) is 0 Å². The lowest BCUT2D eigenvalue weighted by Crippen LogP contribution is -2.33. The van der Waals surface area contributed by atoms with E-state index < -0.39 is 35.7 Å². The molecule has 6 N–H and O–H groups in total. The van der Waals surface area contributed by atoms with Gasteiger partial charge < -0.3 is 26.0 Å². The molecule has 0 saturated carbocycles. The smallest absolute Gasteiger partial charge is 0.330 e. The number of aliphatic imine (C=N–C) groups is 1. The van der Waals surface area contributed by atoms with Crippen molar-refractivity contribution in [3.8, 4) is 0 Å². The molecule has 1 aromatic rings. The number of aliphatic hydroxyl groups is 1. The number of H-pyrrole nitrogens is 1. The molecule has 1 aliphatic rings. The molecule has 1 saturated heterocycles. The van der Waals surface area contributed by atoms with E-state index in [1.807, 2.05) is 0 Å². The van der Waals surface area contributed by atoms with Crippen LogP contribution in [0.2, 0.25) is 0 Å². The van der Waals surface area contributed by atoms with Crippen LogP contribution in [0.25, 0.3) is 0 Å². The van der Waals surface area contributed by atoms with Crippen LogP contribution in [0.15, 0.2) is 20.8 Å². The summed E-state index contributed by atoms with van der Waals surface area (Å²) in [5, 5.41) is 10.1. The van der Waals surface area contributed by atoms with Crippen LogP contribution in [0.1, 0.15) is 38.3 Å². The Labute approximate surface area is 174 Å². The van der Waals surface area contributed by atoms with Gasteiger partial charge in [-0.3, -0.25) is 24.1 Å². The molecule has 0 bridgehead atoms. The van der Waals surface area contributed by atoms with Gasteiger partial charge >= 0.3 is 11.7 Å². The average Bonchev–Trinajstić information content (AvgIpc) is 2.99. The van der Waals surface area contributed by atoms with Crippen molar-refractivity contribution in [3.63, 3.8) is 0 Å². The van der Waals surface area contributed by atoms with Crippen molar-refractivity contribution in [1.82, 2.24) is 9.55 Å². The van der Waals surface area contributed by atoms with Gasteiger partial charge in [0.05, 0.1) is 9.67 Å². The quantitative estimate of drug-likeness (QED) is 0.110. The number of carbonyl (C=O) groups excluding carboxylic acids is 1. The maximum absolute atomic E-state index is 11.9. The molecular formula is C16H24IN5O6. The van der Waals surface area contributed by atoms with Crippen LogP contribution in [-0.4, -0.2) is 51.9 Å². The SMILES string of the molecule is NC(N)=NCCCCCC(=O)OC[C@H]1O[C@@H](n2cc(I)c(=O)[nH]c2=O)C[C@@H]1O. The highest BCUT2D eigenvalue weighted by Crippen LogP contribution is 2.28. The number of aromatic amines is 1. The van der Waals surface area contributed by atoms with E-state index in [1.54, 1.807) is 22.6 Å². The van der Waals surface area contributed by atoms with Crippen molar-refractivity contribution in [2.75, 3.05) is 13.2 Å². The molecule has 0 radical (unpaired) electrons. The molecule has 0 aromatic carbocycles. The number of guanidine groups is 1. The van der Waals surface area contributed by atoms with Gasteiger partial charge in [0.25, 0.3) is 5.56 Å². The first-order valence-electron chi connectivity index (χ1n) is 8.83. The van der Waals surface area contributed by atoms with Crippen LogP contribution in [0.3, 0.4) is 0 Å². The fourth-order valence-corrected chi connectivity index (χ4v) is 3.16. The highest BCUT2D eigenvalue weighted by molar-refractivity contribution is 14.1. The number of aromatic nitrogens is 2. The number of hydrogen-bond donors (Lipinski definition) is 4. The molecule has 0 spiro atoms. The van der Waals surface area contributed by atoms with Gasteiger partial charge in [0.1, 0.15) is 18.9 Å². The summed E-state index contributed by atoms with van der Waals surface area (Å²) in [6.45, 7) is 0.406. The highest BCUT2D eigenvalue weighted by atomic mass is 127. The molecule has 1 fully saturated rings. The third-order valence-electron chi connectivity index (χ3n) is 4.18. The van der Waals surface area contributed by atoms with Gasteiger partial charge in [-0.25, -0.2) is 4.79 Å². The molecular weight excluding hydrogens is 485 g/mol. The number of nitrogens with zero attached hydrogens (tertiary/aromatic N) is 2. The van der Waals surface area contributed by atoms with Crippen molar-refractivity contribution in [2.24, 2.45) is 16.5 Å². The summed E-state index contributed by atoms with van der Waals surface area (Å²) in [6.07, 6.45) is 1.57. The van der Waals surface area contributed by atoms with Crippen LogP contribution < -0.4 is 22.7 Å². The zero-order valence-corrected chi connectivity index (χ0v) is 17.3. The van der Waals surface area contributed by atoms with Gasteiger partial charge in [-0.15, -0.1) is 0 Å². The Morgan fingerprint density at radius 3 is 2.86 bits per heavy atom. The van der Waals surface area contributed by atoms with E-state index in [-0.39, 0.29) is 25.4 Å². The Kier molecular flexibility index (Phi) is 8.44. The van der Waals surface area contributed by atoms with Crippen molar-refractivity contribution in [2.45, 2.75) is 50.5 Å². The van der Waals surface area contributed by atoms with Gasteiger partial charge in [-0.2, -0.15) is 0 Å². The van der Waals surface area contributed by atoms with Gasteiger partial charge in [-0.1, -0.05) is 6.42 Å². The Morgan fingerprint density at radius 1 is 1.39 bits per heavy atom. The molecule has 28 heavy (non-hydrogen) atoms. The second kappa shape index (κ2) is 10.6. The van der Waals surface area contributed by atoms with Crippen LogP contribution >= 0.6 is 22.6 Å². The van der Waals surface area contributed by atoms with E-state index >= 15 is 0 Å². The number of carbonyl (C=O) groups is 1. The van der Waals surface area contributed by atoms with Gasteiger partial charge in [0, 0.05) is 25.6 Å². The lowest BCUT2D eigenvalue weighted by atomic mass is 10.2. The Morgan fingerprint density at radius 2 is 2.14 bits per heavy atom. The van der Waals surface area contributed by atoms with Gasteiger partial charge in [0.2, 0.25) is 0 Å². The van der Waals surface area contributed by atoms with Crippen molar-refractivity contribution >= 4 is 34.5 Å². The minimum atomic E-state index is -0.895. The third kappa shape index (κ3) is 6.60. The van der Waals surface area contributed by atoms with Crippen molar-refractivity contribution < 1.29 is 19.4 Å². The van der Waals surface area contributed by atoms with Crippen LogP contribution in [0, 0.1) is 3.57 Å². The number of unbranched alkanes of at least 4 members (excludes halogenated alkanes) is 2. The number of aliphatic hydroxyl groups excluding tert-OH is 1. The molecule has 0 amide bonds. The Balaban J connectivity index is 1.76. The minimum Gasteiger partial charge on any atom is -0.463 e. The average molecular weight is 509 g/mol. The minimum absolute atomic E-state index is 0.0478. The summed E-state index contributed by atoms with van der Waals surface area (Å²) in [5.74, 6) is -0.344. The first kappa shape index (κ1) is 22.4. The van der Waals surface area contributed by atoms with Crippen LogP contribution in [-0.2, 0) is 14.3 Å². The summed E-state index contributed by atoms with van der Waals surface area (Å²) in [5.41, 5.74) is 9.34. The predicted molar refractivity (Wildman–Crippen MR) is 109 cm³/mol. The fourth-order valence-electron chi connectivity index (χ4n) is 2.72. The van der Waals surface area contributed by atoms with E-state index in [2.05, 4.69) is 9.98 Å². The zero-order valence-electron chi connectivity index (χ0n) is 15.2. The zero-order chi connectivity index (χ0) is 20.7. The Bertz CT molecular complexity index is 818. The number of esters is 1. The van der Waals surface area contributed by atoms with Gasteiger partial charge in [-0.05, 0) is 35.4 Å². The standard InChI is InChI=1S/C16H24IN5O6/c17-9-7-22(16(26)21-14(9)25)12-6-10(23)11(28-12)8-27-13(24)4-2-1-3-5-20-15(18)19/h7,10-12,23H,1-6,8H2,(H4,18,19,20)(H,21,25,26)/t10-,11+,12+/m0/s1. The molecule has 3 atom stereocenters. The first-order chi connectivity index (χ1) is 13.3. The molecule has 2 rings (SSSR count). The number of nitrogens with two attached hydrogens (primary N) is 2. The van der Waals surface area contributed by atoms with E-state index in [0.717, 1.165) is 12.8 Å². The molecule has 2 heterocycles. The van der Waals surface area contributed by atoms with E-state index in [0.29, 0.717) is 16.5 Å². The normalized spacial score (nSPS) is 21.4. The molecule has 0 aliphatic carbocycles. The molecule has 11 nitrogen and oxygen atoms in total. The van der Waals surface area contributed by atoms with Crippen LogP contribution in [0.5, 0.6) is 0 Å². The largest absolute Gasteiger partial charge is 0.463 e. The topological polar surface area (TPSA) is 175 Å². The number of ether oxygens (including phenoxy) is 2. The summed E-state index contributed by atoms with van der Waals surface area (Å²) >= 11 is 1.80. The van der Waals surface area contributed by atoms with E-state index in [9.17, 15) is 19.5 Å². The Hall–Kier alpha value is -1.93. The maximum atomic E-state index is 11.9. The lowest BCUT2D eigenvalue weighted by Gasteiger charge is -2.16. The molecule has 156 valence electrons. The monoisotopic (exact) mass is 509 g/mol. The number of nitrogens with one attached hydrogen (secondary N) is 1. The summed E-state index contributed by atoms with van der Waals surface area (Å²) in [6, 6.07) is 0. The number of halogens is 1. The van der Waals surface area contributed by atoms with Crippen molar-refractivity contribution in [3.05, 3.63) is 30.6 Å². The number of rotatable bonds is 9. The fraction of sp³-hybridized carbons (Fsp3) is 0.625. The summed E-state index contributed by atoms with van der Waals surface area (Å²) < 4.78 is 12.3. The second-order valence-corrected chi connectivity index (χ2v) is 7.54. The predicted octanol–water partition coefficient (Wildman–Crippen LogP) is -0.833. The highest BCUT2D eigenvalue weighted by Gasteiger charge is 2.36. The molecule has 1 aromatic heterocycles. The number of hydrogen-bond acceptors (Lipinski definition) is 7. The molecule has 0 unspecified atom stereocenters. The first-order valence-corrected chi connectivity index (χ1v) is 9.91.